The highest BCUT2D eigenvalue weighted by atomic mass is 32.3. The summed E-state index contributed by atoms with van der Waals surface area (Å²) < 4.78 is 30.2. The molecule has 0 aliphatic carbocycles. The van der Waals surface area contributed by atoms with Crippen LogP contribution in [0.5, 0.6) is 0 Å². The summed E-state index contributed by atoms with van der Waals surface area (Å²) in [5, 5.41) is 0. The van der Waals surface area contributed by atoms with E-state index in [1.807, 2.05) is 0 Å². The number of hydrogen-bond donors (Lipinski definition) is 1. The standard InChI is InChI=1S/C5H12O4S/c1-10(6,7)5-4-8-2-3-9-10/h2-5H2,1H3,(H,6,7). The van der Waals surface area contributed by atoms with Crippen molar-refractivity contribution in [3.05, 3.63) is 0 Å². The lowest BCUT2D eigenvalue weighted by molar-refractivity contribution is 0.127. The third-order valence-electron chi connectivity index (χ3n) is 1.30. The van der Waals surface area contributed by atoms with Crippen LogP contribution in [-0.4, -0.2) is 40.6 Å². The minimum Gasteiger partial charge on any atom is -0.378 e. The maximum atomic E-state index is 11.3. The Labute approximate surface area is 59.9 Å². The van der Waals surface area contributed by atoms with Crippen molar-refractivity contribution in [2.75, 3.05) is 31.8 Å². The van der Waals surface area contributed by atoms with Crippen LogP contribution in [-0.2, 0) is 18.5 Å². The molecule has 10 heavy (non-hydrogen) atoms. The molecule has 0 spiro atoms. The molecule has 1 heterocycles. The minimum absolute atomic E-state index is 0.0806. The molecule has 0 atom stereocenters. The first-order valence-corrected chi connectivity index (χ1v) is 5.50. The molecule has 5 heteroatoms. The quantitative estimate of drug-likeness (QED) is 0.547. The zero-order valence-corrected chi connectivity index (χ0v) is 6.73. The second-order valence-electron chi connectivity index (χ2n) is 2.52. The predicted octanol–water partition coefficient (Wildman–Crippen LogP) is -0.129. The SMILES string of the molecule is CS1(=O)(O)CCOCCO1. The van der Waals surface area contributed by atoms with E-state index in [2.05, 4.69) is 0 Å². The maximum Gasteiger partial charge on any atom is 0.0875 e. The summed E-state index contributed by atoms with van der Waals surface area (Å²) >= 11 is 0. The lowest BCUT2D eigenvalue weighted by Gasteiger charge is -2.29. The van der Waals surface area contributed by atoms with Crippen LogP contribution in [0.4, 0.5) is 0 Å². The summed E-state index contributed by atoms with van der Waals surface area (Å²) in [5.41, 5.74) is 0. The first-order valence-electron chi connectivity index (χ1n) is 3.08. The molecule has 1 aliphatic rings. The minimum atomic E-state index is -3.74. The van der Waals surface area contributed by atoms with Gasteiger partial charge in [-0.15, -0.1) is 0 Å². The summed E-state index contributed by atoms with van der Waals surface area (Å²) in [6.45, 7) is 0.916. The van der Waals surface area contributed by atoms with Crippen LogP contribution < -0.4 is 0 Å². The van der Waals surface area contributed by atoms with Crippen LogP contribution in [0.3, 0.4) is 0 Å². The van der Waals surface area contributed by atoms with Gasteiger partial charge in [0, 0.05) is 6.26 Å². The molecule has 0 bridgehead atoms. The van der Waals surface area contributed by atoms with Gasteiger partial charge in [-0.25, -0.2) is 4.21 Å². The maximum absolute atomic E-state index is 11.3. The van der Waals surface area contributed by atoms with Gasteiger partial charge in [0.05, 0.1) is 35.2 Å². The summed E-state index contributed by atoms with van der Waals surface area (Å²) in [6, 6.07) is 0. The molecule has 1 N–H and O–H groups in total. The molecule has 1 saturated heterocycles. The van der Waals surface area contributed by atoms with Crippen LogP contribution in [0.15, 0.2) is 0 Å². The largest absolute Gasteiger partial charge is 0.378 e. The highest BCUT2D eigenvalue weighted by Gasteiger charge is 2.29. The van der Waals surface area contributed by atoms with Crippen LogP contribution in [0.1, 0.15) is 0 Å². The molecule has 1 aliphatic heterocycles. The smallest absolute Gasteiger partial charge is 0.0875 e. The monoisotopic (exact) mass is 168 g/mol. The van der Waals surface area contributed by atoms with E-state index in [4.69, 9.17) is 8.92 Å². The van der Waals surface area contributed by atoms with Gasteiger partial charge in [-0.2, -0.15) is 0 Å². The van der Waals surface area contributed by atoms with E-state index >= 15 is 0 Å². The Morgan fingerprint density at radius 3 is 2.80 bits per heavy atom. The first kappa shape index (κ1) is 8.13. The molecule has 0 aromatic rings. The Morgan fingerprint density at radius 1 is 1.40 bits per heavy atom. The number of ether oxygens (including phenoxy) is 1. The third-order valence-corrected chi connectivity index (χ3v) is 3.16. The molecule has 0 aromatic heterocycles. The topological polar surface area (TPSA) is 55.8 Å². The van der Waals surface area contributed by atoms with E-state index in [1.54, 1.807) is 0 Å². The molecule has 0 aromatic carbocycles. The Hall–Kier alpha value is 0.0300. The Morgan fingerprint density at radius 2 is 2.10 bits per heavy atom. The molecular formula is C5H12O4S. The van der Waals surface area contributed by atoms with Crippen LogP contribution in [0.2, 0.25) is 0 Å². The van der Waals surface area contributed by atoms with E-state index in [0.29, 0.717) is 13.2 Å². The predicted molar refractivity (Wildman–Crippen MR) is 38.3 cm³/mol. The summed E-state index contributed by atoms with van der Waals surface area (Å²) in [5.74, 6) is 0.0806. The van der Waals surface area contributed by atoms with Gasteiger partial charge in [-0.1, -0.05) is 0 Å². The van der Waals surface area contributed by atoms with Gasteiger partial charge in [0.1, 0.15) is 0 Å². The third kappa shape index (κ3) is 2.34. The molecule has 0 unspecified atom stereocenters. The molecule has 1 fully saturated rings. The fraction of sp³-hybridized carbons (Fsp3) is 1.00. The van der Waals surface area contributed by atoms with Gasteiger partial charge in [0.2, 0.25) is 0 Å². The molecule has 0 radical (unpaired) electrons. The molecule has 0 saturated carbocycles. The van der Waals surface area contributed by atoms with E-state index in [-0.39, 0.29) is 12.4 Å². The number of hydrogen-bond acceptors (Lipinski definition) is 3. The normalized spacial score (nSPS) is 35.2. The van der Waals surface area contributed by atoms with Crippen molar-refractivity contribution >= 4 is 9.63 Å². The highest BCUT2D eigenvalue weighted by molar-refractivity contribution is 8.10. The van der Waals surface area contributed by atoms with Gasteiger partial charge in [-0.05, 0) is 0 Å². The zero-order chi connectivity index (χ0) is 7.69. The molecular weight excluding hydrogens is 156 g/mol. The van der Waals surface area contributed by atoms with Gasteiger partial charge < -0.3 is 9.29 Å². The van der Waals surface area contributed by atoms with Gasteiger partial charge >= 0.3 is 0 Å². The summed E-state index contributed by atoms with van der Waals surface area (Å²) in [6.07, 6.45) is 1.23. The van der Waals surface area contributed by atoms with Crippen LogP contribution in [0.25, 0.3) is 0 Å². The molecule has 4 nitrogen and oxygen atoms in total. The molecule has 0 amide bonds. The highest BCUT2D eigenvalue weighted by Crippen LogP contribution is 2.19. The van der Waals surface area contributed by atoms with Crippen LogP contribution >= 0.6 is 0 Å². The van der Waals surface area contributed by atoms with Crippen molar-refractivity contribution in [2.24, 2.45) is 0 Å². The summed E-state index contributed by atoms with van der Waals surface area (Å²) in [7, 11) is -3.74. The van der Waals surface area contributed by atoms with Crippen molar-refractivity contribution in [3.63, 3.8) is 0 Å². The lowest BCUT2D eigenvalue weighted by atomic mass is 10.7. The van der Waals surface area contributed by atoms with E-state index in [9.17, 15) is 8.76 Å². The van der Waals surface area contributed by atoms with E-state index < -0.39 is 9.63 Å². The van der Waals surface area contributed by atoms with E-state index in [1.165, 1.54) is 6.26 Å². The first-order chi connectivity index (χ1) is 4.47. The average molecular weight is 168 g/mol. The molecule has 1 rings (SSSR count). The fourth-order valence-electron chi connectivity index (χ4n) is 0.715. The van der Waals surface area contributed by atoms with Crippen molar-refractivity contribution in [3.8, 4) is 0 Å². The lowest BCUT2D eigenvalue weighted by Crippen LogP contribution is -2.37. The van der Waals surface area contributed by atoms with Crippen LogP contribution in [0, 0.1) is 0 Å². The van der Waals surface area contributed by atoms with Gasteiger partial charge in [0.15, 0.2) is 0 Å². The Balaban J connectivity index is 2.68. The summed E-state index contributed by atoms with van der Waals surface area (Å²) in [4.78, 5) is 0. The Bertz CT molecular complexity index is 168. The van der Waals surface area contributed by atoms with E-state index in [0.717, 1.165) is 0 Å². The van der Waals surface area contributed by atoms with Crippen molar-refractivity contribution in [2.45, 2.75) is 0 Å². The van der Waals surface area contributed by atoms with Crippen molar-refractivity contribution in [1.29, 1.82) is 0 Å². The van der Waals surface area contributed by atoms with Crippen molar-refractivity contribution < 1.29 is 17.7 Å². The Kier molecular flexibility index (Phi) is 1.84. The second-order valence-corrected chi connectivity index (χ2v) is 5.94. The zero-order valence-electron chi connectivity index (χ0n) is 5.91. The number of rotatable bonds is 0. The second kappa shape index (κ2) is 2.27. The van der Waals surface area contributed by atoms with Gasteiger partial charge in [0.25, 0.3) is 0 Å². The average Bonchev–Trinajstić information content (AvgIpc) is 1.89. The van der Waals surface area contributed by atoms with Gasteiger partial charge in [-0.3, -0.25) is 4.18 Å². The molecule has 62 valence electrons. The van der Waals surface area contributed by atoms with Crippen molar-refractivity contribution in [1.82, 2.24) is 0 Å². The fourth-order valence-corrected chi connectivity index (χ4v) is 1.82.